The average molecular weight is 779 g/mol. The van der Waals surface area contributed by atoms with Gasteiger partial charge < -0.3 is 29.6 Å². The topological polar surface area (TPSA) is 119 Å². The summed E-state index contributed by atoms with van der Waals surface area (Å²) in [6, 6.07) is 21.3. The van der Waals surface area contributed by atoms with Crippen LogP contribution in [-0.2, 0) is 35.9 Å². The van der Waals surface area contributed by atoms with Gasteiger partial charge in [-0.25, -0.2) is 0 Å². The minimum absolute atomic E-state index is 0.0190. The van der Waals surface area contributed by atoms with E-state index in [-0.39, 0.29) is 47.3 Å². The Kier molecular flexibility index (Phi) is 11.1. The van der Waals surface area contributed by atoms with Crippen LogP contribution in [0.1, 0.15) is 82.8 Å². The standard InChI is InChI=1S/C43H46N4O6S2/c1-43(2,54)16-15-32(48)23-33-20-28-18-29(12-14-39(28)55-33)45-41(50)36-22-30(25-46(36)3)44-40(49)10-7-17-53-38-21-26-11-13-31-19-27-8-5-6-9-35(27)47(31)42(51)34(26)24-37(38)52-4/h5-6,8-9,12,14,18,20-22,24-25,31,54H,7,10-11,13,15-17,19,23H2,1-4H3,(H,44,49)(H,45,50)/t31-/m1/s1. The fourth-order valence-corrected chi connectivity index (χ4v) is 8.57. The normalized spacial score (nSPS) is 14.9. The van der Waals surface area contributed by atoms with Crippen LogP contribution in [0.5, 0.6) is 11.5 Å². The third-order valence-corrected chi connectivity index (χ3v) is 11.5. The van der Waals surface area contributed by atoms with Crippen molar-refractivity contribution >= 4 is 74.6 Å². The lowest BCUT2D eigenvalue weighted by Gasteiger charge is -2.23. The van der Waals surface area contributed by atoms with E-state index in [9.17, 15) is 19.2 Å². The lowest BCUT2D eigenvalue weighted by atomic mass is 9.99. The Balaban J connectivity index is 0.905. The molecule has 2 aliphatic heterocycles. The molecule has 0 spiro atoms. The molecular formula is C43H46N4O6S2. The van der Waals surface area contributed by atoms with Gasteiger partial charge in [0.15, 0.2) is 11.5 Å². The molecule has 286 valence electrons. The molecule has 3 amide bonds. The highest BCUT2D eigenvalue weighted by atomic mass is 32.1. The molecule has 0 aliphatic carbocycles. The largest absolute Gasteiger partial charge is 0.493 e. The maximum absolute atomic E-state index is 13.7. The molecule has 2 aliphatic rings. The third kappa shape index (κ3) is 8.76. The molecule has 7 rings (SSSR count). The van der Waals surface area contributed by atoms with Gasteiger partial charge in [0.2, 0.25) is 5.91 Å². The summed E-state index contributed by atoms with van der Waals surface area (Å²) in [6.45, 7) is 4.29. The molecule has 5 aromatic rings. The number of aryl methyl sites for hydroxylation is 2. The maximum Gasteiger partial charge on any atom is 0.272 e. The quantitative estimate of drug-likeness (QED) is 0.0770. The van der Waals surface area contributed by atoms with Crippen molar-refractivity contribution in [3.63, 3.8) is 0 Å². The van der Waals surface area contributed by atoms with Gasteiger partial charge in [0.25, 0.3) is 11.8 Å². The molecule has 0 saturated carbocycles. The van der Waals surface area contributed by atoms with E-state index < -0.39 is 0 Å². The Morgan fingerprint density at radius 1 is 0.964 bits per heavy atom. The highest BCUT2D eigenvalue weighted by Crippen LogP contribution is 2.40. The van der Waals surface area contributed by atoms with Crippen LogP contribution in [0.25, 0.3) is 10.1 Å². The second-order valence-electron chi connectivity index (χ2n) is 15.0. The summed E-state index contributed by atoms with van der Waals surface area (Å²) in [5.74, 6) is 0.692. The molecule has 0 bridgehead atoms. The van der Waals surface area contributed by atoms with E-state index in [4.69, 9.17) is 9.47 Å². The summed E-state index contributed by atoms with van der Waals surface area (Å²) in [4.78, 5) is 55.3. The number of fused-ring (bicyclic) bond motifs is 5. The van der Waals surface area contributed by atoms with E-state index in [1.807, 2.05) is 67.3 Å². The van der Waals surface area contributed by atoms with Crippen molar-refractivity contribution in [2.45, 2.75) is 76.0 Å². The highest BCUT2D eigenvalue weighted by molar-refractivity contribution is 7.81. The fraction of sp³-hybridized carbons (Fsp3) is 0.349. The van der Waals surface area contributed by atoms with Crippen molar-refractivity contribution in [3.8, 4) is 11.5 Å². The molecule has 0 fully saturated rings. The predicted octanol–water partition coefficient (Wildman–Crippen LogP) is 8.42. The van der Waals surface area contributed by atoms with Crippen LogP contribution < -0.4 is 25.0 Å². The van der Waals surface area contributed by atoms with E-state index in [0.717, 1.165) is 51.9 Å². The first kappa shape index (κ1) is 38.2. The second-order valence-corrected chi connectivity index (χ2v) is 17.4. The van der Waals surface area contributed by atoms with Crippen LogP contribution in [0.15, 0.2) is 72.9 Å². The number of hydrogen-bond donors (Lipinski definition) is 3. The molecule has 0 saturated heterocycles. The zero-order valence-electron chi connectivity index (χ0n) is 31.6. The van der Waals surface area contributed by atoms with Gasteiger partial charge in [-0.05, 0) is 97.1 Å². The summed E-state index contributed by atoms with van der Waals surface area (Å²) in [6.07, 6.45) is 6.43. The van der Waals surface area contributed by atoms with Gasteiger partial charge in [-0.2, -0.15) is 12.6 Å². The first-order chi connectivity index (χ1) is 26.3. The molecule has 0 radical (unpaired) electrons. The number of nitrogens with one attached hydrogen (secondary N) is 2. The Morgan fingerprint density at radius 3 is 2.58 bits per heavy atom. The zero-order valence-corrected chi connectivity index (χ0v) is 33.3. The summed E-state index contributed by atoms with van der Waals surface area (Å²) < 4.78 is 14.3. The number of anilines is 3. The number of thiol groups is 1. The van der Waals surface area contributed by atoms with Crippen molar-refractivity contribution < 1.29 is 28.7 Å². The Bertz CT molecular complexity index is 2290. The Morgan fingerprint density at radius 2 is 1.78 bits per heavy atom. The number of Topliss-reactive ketones (excluding diaryl/α,β-unsaturated/α-hetero) is 1. The van der Waals surface area contributed by atoms with Crippen molar-refractivity contribution in [3.05, 3.63) is 100 Å². The maximum atomic E-state index is 13.7. The number of amides is 3. The van der Waals surface area contributed by atoms with E-state index in [1.54, 1.807) is 48.4 Å². The summed E-state index contributed by atoms with van der Waals surface area (Å²) >= 11 is 6.11. The van der Waals surface area contributed by atoms with Crippen LogP contribution in [-0.4, -0.2) is 52.6 Å². The average Bonchev–Trinajstić information content (AvgIpc) is 3.82. The molecule has 3 aromatic carbocycles. The van der Waals surface area contributed by atoms with Gasteiger partial charge in [0, 0.05) is 69.8 Å². The minimum Gasteiger partial charge on any atom is -0.493 e. The lowest BCUT2D eigenvalue weighted by molar-refractivity contribution is -0.118. The van der Waals surface area contributed by atoms with E-state index >= 15 is 0 Å². The van der Waals surface area contributed by atoms with Crippen molar-refractivity contribution in [1.82, 2.24) is 4.57 Å². The Labute approximate surface area is 330 Å². The van der Waals surface area contributed by atoms with Crippen LogP contribution >= 0.6 is 24.0 Å². The van der Waals surface area contributed by atoms with Gasteiger partial charge in [0.1, 0.15) is 11.5 Å². The molecule has 12 heteroatoms. The number of nitrogens with zero attached hydrogens (tertiary/aromatic N) is 2. The molecule has 2 N–H and O–H groups in total. The monoisotopic (exact) mass is 778 g/mol. The summed E-state index contributed by atoms with van der Waals surface area (Å²) in [7, 11) is 3.31. The van der Waals surface area contributed by atoms with Gasteiger partial charge in [0.05, 0.1) is 19.4 Å². The number of para-hydroxylation sites is 1. The Hall–Kier alpha value is -5.07. The summed E-state index contributed by atoms with van der Waals surface area (Å²) in [5, 5.41) is 6.81. The van der Waals surface area contributed by atoms with Crippen molar-refractivity contribution in [2.75, 3.05) is 29.3 Å². The molecule has 4 heterocycles. The number of aromatic nitrogens is 1. The number of carbonyl (C=O) groups excluding carboxylic acids is 4. The van der Waals surface area contributed by atoms with E-state index in [0.29, 0.717) is 53.4 Å². The number of ether oxygens (including phenoxy) is 2. The van der Waals surface area contributed by atoms with Crippen LogP contribution in [0.4, 0.5) is 17.1 Å². The number of hydrogen-bond acceptors (Lipinski definition) is 8. The lowest BCUT2D eigenvalue weighted by Crippen LogP contribution is -2.36. The van der Waals surface area contributed by atoms with Gasteiger partial charge in [-0.15, -0.1) is 11.3 Å². The minimum atomic E-state index is -0.308. The summed E-state index contributed by atoms with van der Waals surface area (Å²) in [5.41, 5.74) is 5.29. The van der Waals surface area contributed by atoms with Crippen LogP contribution in [0.3, 0.4) is 0 Å². The molecule has 0 unspecified atom stereocenters. The first-order valence-corrected chi connectivity index (χ1v) is 19.9. The van der Waals surface area contributed by atoms with Gasteiger partial charge in [-0.1, -0.05) is 32.0 Å². The number of ketones is 1. The number of rotatable bonds is 14. The van der Waals surface area contributed by atoms with E-state index in [1.165, 1.54) is 5.56 Å². The first-order valence-electron chi connectivity index (χ1n) is 18.6. The molecule has 1 atom stereocenters. The predicted molar refractivity (Wildman–Crippen MR) is 222 cm³/mol. The zero-order chi connectivity index (χ0) is 38.9. The smallest absolute Gasteiger partial charge is 0.272 e. The van der Waals surface area contributed by atoms with Gasteiger partial charge in [-0.3, -0.25) is 19.2 Å². The number of carbonyl (C=O) groups is 4. The highest BCUT2D eigenvalue weighted by Gasteiger charge is 2.37. The molecule has 10 nitrogen and oxygen atoms in total. The van der Waals surface area contributed by atoms with E-state index in [2.05, 4.69) is 29.3 Å². The number of thiophene rings is 1. The van der Waals surface area contributed by atoms with Gasteiger partial charge >= 0.3 is 0 Å². The SMILES string of the molecule is COc1cc2c(cc1OCCCC(=O)Nc1cc(C(=O)Nc3ccc4sc(CC(=O)CCC(C)(C)S)cc4c3)n(C)c1)CC[C@@H]1Cc3ccccc3N1C2=O. The molecule has 55 heavy (non-hydrogen) atoms. The fourth-order valence-electron chi connectivity index (χ4n) is 7.38. The van der Waals surface area contributed by atoms with Crippen molar-refractivity contribution in [2.24, 2.45) is 7.05 Å². The number of benzene rings is 3. The number of methoxy groups -OCH3 is 1. The van der Waals surface area contributed by atoms with Crippen LogP contribution in [0.2, 0.25) is 0 Å². The molecular weight excluding hydrogens is 733 g/mol. The molecule has 2 aromatic heterocycles. The van der Waals surface area contributed by atoms with Crippen molar-refractivity contribution in [1.29, 1.82) is 0 Å². The van der Waals surface area contributed by atoms with Crippen LogP contribution in [0, 0.1) is 0 Å². The second kappa shape index (κ2) is 16.0. The third-order valence-electron chi connectivity index (χ3n) is 10.2.